The SMILES string of the molecule is CCCCCCCCCCCCCCC12CCN(CC1)C(N)C2.Cl. The van der Waals surface area contributed by atoms with Crippen molar-refractivity contribution in [2.75, 3.05) is 13.1 Å². The van der Waals surface area contributed by atoms with Crippen LogP contribution in [0.1, 0.15) is 110 Å². The number of hydrogen-bond acceptors (Lipinski definition) is 2. The van der Waals surface area contributed by atoms with E-state index in [1.54, 1.807) is 0 Å². The Morgan fingerprint density at radius 2 is 1.25 bits per heavy atom. The minimum Gasteiger partial charge on any atom is -0.316 e. The molecule has 2 N–H and O–H groups in total. The van der Waals surface area contributed by atoms with Gasteiger partial charge in [-0.2, -0.15) is 0 Å². The fourth-order valence-corrected chi connectivity index (χ4v) is 4.80. The molecule has 2 nitrogen and oxygen atoms in total. The quantitative estimate of drug-likeness (QED) is 0.393. The Kier molecular flexibility index (Phi) is 11.6. The van der Waals surface area contributed by atoms with Crippen LogP contribution in [0.2, 0.25) is 0 Å². The van der Waals surface area contributed by atoms with Crippen LogP contribution in [-0.2, 0) is 0 Å². The van der Waals surface area contributed by atoms with Gasteiger partial charge in [0, 0.05) is 13.1 Å². The second-order valence-electron chi connectivity index (χ2n) is 8.45. The van der Waals surface area contributed by atoms with E-state index in [2.05, 4.69) is 11.8 Å². The summed E-state index contributed by atoms with van der Waals surface area (Å²) in [7, 11) is 0. The molecular formula is C21H43ClN2. The van der Waals surface area contributed by atoms with Crippen LogP contribution >= 0.6 is 12.4 Å². The highest BCUT2D eigenvalue weighted by Gasteiger charge is 2.42. The summed E-state index contributed by atoms with van der Waals surface area (Å²) in [5, 5.41) is 0. The first kappa shape index (κ1) is 22.3. The van der Waals surface area contributed by atoms with E-state index in [1.165, 1.54) is 116 Å². The zero-order chi connectivity index (χ0) is 16.4. The first-order valence-corrected chi connectivity index (χ1v) is 10.8. The van der Waals surface area contributed by atoms with Gasteiger partial charge in [-0.05, 0) is 31.1 Å². The van der Waals surface area contributed by atoms with Crippen molar-refractivity contribution in [3.8, 4) is 0 Å². The molecule has 0 amide bonds. The lowest BCUT2D eigenvalue weighted by atomic mass is 9.68. The van der Waals surface area contributed by atoms with Gasteiger partial charge in [0.2, 0.25) is 0 Å². The summed E-state index contributed by atoms with van der Waals surface area (Å²) in [6.07, 6.45) is 23.4. The molecule has 0 radical (unpaired) electrons. The number of nitrogens with zero attached hydrogens (tertiary/aromatic N) is 1. The Labute approximate surface area is 157 Å². The number of halogens is 1. The van der Waals surface area contributed by atoms with Crippen molar-refractivity contribution in [1.82, 2.24) is 4.90 Å². The second kappa shape index (κ2) is 12.5. The molecule has 0 aromatic carbocycles. The zero-order valence-corrected chi connectivity index (χ0v) is 17.1. The van der Waals surface area contributed by atoms with E-state index in [4.69, 9.17) is 5.73 Å². The molecule has 0 aliphatic carbocycles. The fraction of sp³-hybridized carbons (Fsp3) is 1.00. The summed E-state index contributed by atoms with van der Waals surface area (Å²) in [4.78, 5) is 2.49. The Bertz CT molecular complexity index is 300. The first-order valence-electron chi connectivity index (χ1n) is 10.8. The summed E-state index contributed by atoms with van der Waals surface area (Å²) >= 11 is 0. The van der Waals surface area contributed by atoms with Crippen molar-refractivity contribution in [2.24, 2.45) is 11.1 Å². The molecule has 3 saturated heterocycles. The van der Waals surface area contributed by atoms with Gasteiger partial charge in [-0.15, -0.1) is 12.4 Å². The van der Waals surface area contributed by atoms with Gasteiger partial charge in [0.05, 0.1) is 6.17 Å². The highest BCUT2D eigenvalue weighted by molar-refractivity contribution is 5.85. The average molecular weight is 359 g/mol. The third-order valence-corrected chi connectivity index (χ3v) is 6.53. The summed E-state index contributed by atoms with van der Waals surface area (Å²) in [5.41, 5.74) is 6.90. The van der Waals surface area contributed by atoms with Gasteiger partial charge in [-0.25, -0.2) is 0 Å². The summed E-state index contributed by atoms with van der Waals surface area (Å²) in [5.74, 6) is 0. The summed E-state index contributed by atoms with van der Waals surface area (Å²) in [6, 6.07) is 0. The van der Waals surface area contributed by atoms with Crippen LogP contribution in [0.5, 0.6) is 0 Å². The zero-order valence-electron chi connectivity index (χ0n) is 16.2. The summed E-state index contributed by atoms with van der Waals surface area (Å²) < 4.78 is 0. The highest BCUT2D eigenvalue weighted by Crippen LogP contribution is 2.45. The maximum absolute atomic E-state index is 6.27. The molecule has 1 unspecified atom stereocenters. The number of nitrogens with two attached hydrogens (primary N) is 1. The molecule has 0 aromatic heterocycles. The van der Waals surface area contributed by atoms with E-state index in [9.17, 15) is 0 Å². The lowest BCUT2D eigenvalue weighted by Gasteiger charge is -2.52. The Morgan fingerprint density at radius 3 is 1.71 bits per heavy atom. The van der Waals surface area contributed by atoms with Crippen LogP contribution in [0.4, 0.5) is 0 Å². The average Bonchev–Trinajstić information content (AvgIpc) is 2.56. The molecule has 144 valence electrons. The number of rotatable bonds is 13. The standard InChI is InChI=1S/C21H42N2.ClH/c1-2-3-4-5-6-7-8-9-10-11-12-13-14-21-15-17-23(18-16-21)20(22)19-21;/h20H,2-19,22H2,1H3;1H. The number of fused-ring (bicyclic) bond motifs is 3. The third kappa shape index (κ3) is 7.62. The minimum absolute atomic E-state index is 0. The topological polar surface area (TPSA) is 29.3 Å². The molecule has 3 fully saturated rings. The van der Waals surface area contributed by atoms with Crippen LogP contribution in [0.15, 0.2) is 0 Å². The molecule has 24 heavy (non-hydrogen) atoms. The van der Waals surface area contributed by atoms with Gasteiger partial charge in [-0.3, -0.25) is 4.90 Å². The van der Waals surface area contributed by atoms with E-state index in [1.807, 2.05) is 0 Å². The van der Waals surface area contributed by atoms with Crippen molar-refractivity contribution < 1.29 is 0 Å². The Morgan fingerprint density at radius 1 is 0.792 bits per heavy atom. The van der Waals surface area contributed by atoms with Crippen LogP contribution in [0.25, 0.3) is 0 Å². The largest absolute Gasteiger partial charge is 0.316 e. The monoisotopic (exact) mass is 358 g/mol. The van der Waals surface area contributed by atoms with Crippen LogP contribution in [-0.4, -0.2) is 24.2 Å². The van der Waals surface area contributed by atoms with E-state index >= 15 is 0 Å². The predicted octanol–water partition coefficient (Wildman–Crippen LogP) is 6.27. The van der Waals surface area contributed by atoms with E-state index < -0.39 is 0 Å². The van der Waals surface area contributed by atoms with Crippen LogP contribution in [0, 0.1) is 5.41 Å². The maximum atomic E-state index is 6.27. The van der Waals surface area contributed by atoms with E-state index in [0.29, 0.717) is 11.6 Å². The molecule has 0 aromatic rings. The van der Waals surface area contributed by atoms with Gasteiger partial charge < -0.3 is 5.73 Å². The molecule has 2 bridgehead atoms. The van der Waals surface area contributed by atoms with E-state index in [0.717, 1.165) is 0 Å². The number of unbranched alkanes of at least 4 members (excludes halogenated alkanes) is 11. The Balaban J connectivity index is 0.00000288. The lowest BCUT2D eigenvalue weighted by molar-refractivity contribution is -0.0245. The van der Waals surface area contributed by atoms with Gasteiger partial charge >= 0.3 is 0 Å². The van der Waals surface area contributed by atoms with Crippen molar-refractivity contribution >= 4 is 12.4 Å². The van der Waals surface area contributed by atoms with Gasteiger partial charge in [-0.1, -0.05) is 84.0 Å². The van der Waals surface area contributed by atoms with E-state index in [-0.39, 0.29) is 12.4 Å². The van der Waals surface area contributed by atoms with Crippen LogP contribution in [0.3, 0.4) is 0 Å². The summed E-state index contributed by atoms with van der Waals surface area (Å²) in [6.45, 7) is 4.82. The normalized spacial score (nSPS) is 28.8. The lowest BCUT2D eigenvalue weighted by Crippen LogP contribution is -2.57. The first-order chi connectivity index (χ1) is 11.3. The van der Waals surface area contributed by atoms with Gasteiger partial charge in [0.15, 0.2) is 0 Å². The van der Waals surface area contributed by atoms with Crippen molar-refractivity contribution in [3.63, 3.8) is 0 Å². The number of piperidine rings is 3. The molecule has 0 spiro atoms. The molecule has 3 heterocycles. The molecule has 3 rings (SSSR count). The molecular weight excluding hydrogens is 316 g/mol. The molecule has 3 aliphatic heterocycles. The highest BCUT2D eigenvalue weighted by atomic mass is 35.5. The van der Waals surface area contributed by atoms with Gasteiger partial charge in [0.1, 0.15) is 0 Å². The predicted molar refractivity (Wildman–Crippen MR) is 109 cm³/mol. The minimum atomic E-state index is 0. The van der Waals surface area contributed by atoms with Gasteiger partial charge in [0.25, 0.3) is 0 Å². The molecule has 0 saturated carbocycles. The van der Waals surface area contributed by atoms with Crippen molar-refractivity contribution in [2.45, 2.75) is 116 Å². The van der Waals surface area contributed by atoms with Crippen molar-refractivity contribution in [3.05, 3.63) is 0 Å². The second-order valence-corrected chi connectivity index (χ2v) is 8.45. The molecule has 3 heteroatoms. The van der Waals surface area contributed by atoms with Crippen LogP contribution < -0.4 is 5.73 Å². The smallest absolute Gasteiger partial charge is 0.0577 e. The Hall–Kier alpha value is 0.210. The third-order valence-electron chi connectivity index (χ3n) is 6.53. The number of hydrogen-bond donors (Lipinski definition) is 1. The van der Waals surface area contributed by atoms with Crippen molar-refractivity contribution in [1.29, 1.82) is 0 Å². The molecule has 3 aliphatic rings. The maximum Gasteiger partial charge on any atom is 0.0577 e. The molecule has 1 atom stereocenters. The fourth-order valence-electron chi connectivity index (χ4n) is 4.80.